The summed E-state index contributed by atoms with van der Waals surface area (Å²) in [7, 11) is 0. The maximum atomic E-state index is 11.6. The van der Waals surface area contributed by atoms with Crippen molar-refractivity contribution in [2.75, 3.05) is 0 Å². The van der Waals surface area contributed by atoms with E-state index < -0.39 is 20.9 Å². The summed E-state index contributed by atoms with van der Waals surface area (Å²) in [5, 5.41) is 0. The molecule has 17 heteroatoms. The Hall–Kier alpha value is 7.22. The van der Waals surface area contributed by atoms with Crippen LogP contribution in [-0.4, -0.2) is 20.9 Å². The lowest BCUT2D eigenvalue weighted by atomic mass is 10.1. The van der Waals surface area contributed by atoms with E-state index in [9.17, 15) is 4.21 Å². The van der Waals surface area contributed by atoms with Gasteiger partial charge in [0.15, 0.2) is 5.38 Å². The molecule has 0 saturated carbocycles. The summed E-state index contributed by atoms with van der Waals surface area (Å²) in [5.74, 6) is 0. The minimum atomic E-state index is -1.14. The molecule has 0 amide bonds. The van der Waals surface area contributed by atoms with E-state index in [1.807, 2.05) is 0 Å². The second-order valence-electron chi connectivity index (χ2n) is 3.97. The molecule has 0 aromatic rings. The predicted octanol–water partition coefficient (Wildman–Crippen LogP) is 11.1. The van der Waals surface area contributed by atoms with E-state index in [0.29, 0.717) is 11.7 Å². The van der Waals surface area contributed by atoms with Crippen molar-refractivity contribution in [1.82, 2.24) is 0 Å². The maximum absolute atomic E-state index is 11.6. The van der Waals surface area contributed by atoms with Crippen molar-refractivity contribution in [2.24, 2.45) is 0 Å². The molecular formula is C7Br15OS+. The Kier molecular flexibility index (Phi) is 13.3. The molecule has 0 N–H and O–H groups in total. The quantitative estimate of drug-likeness (QED) is 0.191. The molecule has 0 fully saturated rings. The van der Waals surface area contributed by atoms with Crippen LogP contribution in [0.25, 0.3) is 0 Å². The number of rotatable bonds is 6. The second-order valence-corrected chi connectivity index (χ2v) is 33.2. The van der Waals surface area contributed by atoms with Crippen molar-refractivity contribution >= 4 is 251 Å². The maximum Gasteiger partial charge on any atom is 0.492 e. The van der Waals surface area contributed by atoms with Gasteiger partial charge in [-0.1, -0.05) is 207 Å². The fourth-order valence-corrected chi connectivity index (χ4v) is 14.0. The molecule has 0 aliphatic rings. The minimum Gasteiger partial charge on any atom is -0.0675 e. The minimum absolute atomic E-state index is 0.307. The van der Waals surface area contributed by atoms with Crippen LogP contribution in [0.1, 0.15) is 0 Å². The highest BCUT2D eigenvalue weighted by Crippen LogP contribution is 2.76. The second kappa shape index (κ2) is 10.2. The van der Waals surface area contributed by atoms with Gasteiger partial charge in [0.25, 0.3) is 0 Å². The van der Waals surface area contributed by atoms with Crippen LogP contribution in [0.5, 0.6) is 0 Å². The van der Waals surface area contributed by atoms with Gasteiger partial charge in [0.2, 0.25) is 0 Å². The van der Waals surface area contributed by atoms with Gasteiger partial charge in [-0.05, 0) is 0 Å². The standard InChI is InChI=1S/C7Br15OS/c8-1(9,2(10,11)4(14,15)6(18,19)20)3(12,13)5(16,17)7(21,22)24-23/q+1. The lowest BCUT2D eigenvalue weighted by Crippen LogP contribution is -2.65. The van der Waals surface area contributed by atoms with E-state index in [0.717, 1.165) is 0 Å². The highest BCUT2D eigenvalue weighted by atomic mass is 80.0. The van der Waals surface area contributed by atoms with E-state index in [1.165, 1.54) is 0 Å². The zero-order valence-corrected chi connectivity index (χ0v) is 34.6. The molecule has 0 heterocycles. The van der Waals surface area contributed by atoms with Crippen LogP contribution in [0, 0.1) is 0 Å². The molecule has 0 rings (SSSR count). The fraction of sp³-hybridized carbons (Fsp3) is 1.00. The Balaban J connectivity index is 6.47. The van der Waals surface area contributed by atoms with Gasteiger partial charge in [-0.2, -0.15) is 0 Å². The van der Waals surface area contributed by atoms with E-state index in [1.54, 1.807) is 0 Å². The van der Waals surface area contributed by atoms with Crippen LogP contribution in [0.4, 0.5) is 0 Å². The molecule has 0 aromatic carbocycles. The first-order valence-corrected chi connectivity index (χ1v) is 17.3. The third kappa shape index (κ3) is 5.64. The SMILES string of the molecule is O=[S+]C(Br)(Br)C(Br)(Br)C(Br)(Br)C(Br)(Br)C(Br)(Br)C(Br)(Br)C(Br)(Br)Br. The van der Waals surface area contributed by atoms with Crippen molar-refractivity contribution < 1.29 is 4.21 Å². The summed E-state index contributed by atoms with van der Waals surface area (Å²) in [4.78, 5) is 0. The van der Waals surface area contributed by atoms with Gasteiger partial charge < -0.3 is 0 Å². The summed E-state index contributed by atoms with van der Waals surface area (Å²) in [6.07, 6.45) is 0. The molecular weight excluding hydrogens is 1330 g/mol. The lowest BCUT2D eigenvalue weighted by Gasteiger charge is -2.53. The summed E-state index contributed by atoms with van der Waals surface area (Å²) in [6.45, 7) is 0. The summed E-state index contributed by atoms with van der Waals surface area (Å²) in [5.41, 5.74) is 0. The zero-order chi connectivity index (χ0) is 20.2. The van der Waals surface area contributed by atoms with Gasteiger partial charge in [-0.15, -0.1) is 0 Å². The van der Waals surface area contributed by atoms with Gasteiger partial charge in [0.05, 0.1) is 0 Å². The van der Waals surface area contributed by atoms with Gasteiger partial charge in [-0.3, -0.25) is 0 Å². The van der Waals surface area contributed by atoms with Gasteiger partial charge in [0, 0.05) is 36.1 Å². The largest absolute Gasteiger partial charge is 0.492 e. The Morgan fingerprint density at radius 2 is 0.667 bits per heavy atom. The Labute approximate surface area is 269 Å². The van der Waals surface area contributed by atoms with Crippen LogP contribution in [0.3, 0.4) is 0 Å². The molecule has 24 heavy (non-hydrogen) atoms. The highest BCUT2D eigenvalue weighted by Gasteiger charge is 2.78. The predicted molar refractivity (Wildman–Crippen MR) is 161 cm³/mol. The number of alkyl halides is 15. The first-order valence-electron chi connectivity index (χ1n) is 4.71. The highest BCUT2D eigenvalue weighted by molar-refractivity contribution is 9.42. The molecule has 0 aromatic heterocycles. The normalized spacial score (nSPS) is 16.3. The molecule has 0 saturated heterocycles. The smallest absolute Gasteiger partial charge is 0.0675 e. The molecule has 144 valence electrons. The van der Waals surface area contributed by atoms with Crippen LogP contribution in [0.15, 0.2) is 0 Å². The van der Waals surface area contributed by atoms with Gasteiger partial charge in [-0.25, -0.2) is 0 Å². The molecule has 0 aliphatic carbocycles. The Morgan fingerprint density at radius 1 is 0.417 bits per heavy atom. The monoisotopic (exact) mass is 1320 g/mol. The molecule has 0 aliphatic heterocycles. The zero-order valence-electron chi connectivity index (χ0n) is 9.99. The third-order valence-corrected chi connectivity index (χ3v) is 32.9. The lowest BCUT2D eigenvalue weighted by molar-refractivity contribution is 0.593. The van der Waals surface area contributed by atoms with Crippen molar-refractivity contribution in [3.8, 4) is 0 Å². The third-order valence-electron chi connectivity index (χ3n) is 2.40. The van der Waals surface area contributed by atoms with Crippen LogP contribution >= 0.6 is 239 Å². The van der Waals surface area contributed by atoms with Crippen molar-refractivity contribution in [3.63, 3.8) is 0 Å². The first-order chi connectivity index (χ1) is 10.1. The number of halogens is 15. The van der Waals surface area contributed by atoms with Crippen LogP contribution in [0.2, 0.25) is 0 Å². The van der Waals surface area contributed by atoms with Crippen molar-refractivity contribution in [3.05, 3.63) is 0 Å². The number of hydrogen-bond donors (Lipinski definition) is 0. The van der Waals surface area contributed by atoms with E-state index >= 15 is 0 Å². The molecule has 1 nitrogen and oxygen atoms in total. The Morgan fingerprint density at radius 3 is 0.917 bits per heavy atom. The summed E-state index contributed by atoms with van der Waals surface area (Å²) >= 11 is 54.2. The molecule has 0 radical (unpaired) electrons. The molecule has 0 bridgehead atoms. The first kappa shape index (κ1) is 31.2. The molecule has 0 unspecified atom stereocenters. The average molecular weight is 1330 g/mol. The van der Waals surface area contributed by atoms with Gasteiger partial charge >= 0.3 is 14.2 Å². The van der Waals surface area contributed by atoms with E-state index in [-0.39, 0.29) is 0 Å². The van der Waals surface area contributed by atoms with Crippen molar-refractivity contribution in [2.45, 2.75) is 20.9 Å². The van der Waals surface area contributed by atoms with Crippen LogP contribution < -0.4 is 0 Å². The topological polar surface area (TPSA) is 17.1 Å². The number of hydrogen-bond acceptors (Lipinski definition) is 1. The van der Waals surface area contributed by atoms with Crippen LogP contribution in [-0.2, 0) is 15.9 Å². The summed E-state index contributed by atoms with van der Waals surface area (Å²) in [6, 6.07) is 0. The molecule has 0 atom stereocenters. The Bertz CT molecular complexity index is 491. The fourth-order valence-electron chi connectivity index (χ4n) is 1.00. The summed E-state index contributed by atoms with van der Waals surface area (Å²) < 4.78 is 4.67. The van der Waals surface area contributed by atoms with E-state index in [4.69, 9.17) is 0 Å². The van der Waals surface area contributed by atoms with Crippen molar-refractivity contribution in [1.29, 1.82) is 0 Å². The van der Waals surface area contributed by atoms with E-state index in [2.05, 4.69) is 239 Å². The van der Waals surface area contributed by atoms with Gasteiger partial charge in [0.1, 0.15) is 12.9 Å². The average Bonchev–Trinajstić information content (AvgIpc) is 2.36. The molecule has 0 spiro atoms.